The van der Waals surface area contributed by atoms with Crippen LogP contribution in [0.15, 0.2) is 36.7 Å². The van der Waals surface area contributed by atoms with Crippen molar-refractivity contribution in [2.75, 3.05) is 13.6 Å². The molecule has 2 rings (SSSR count). The van der Waals surface area contributed by atoms with Crippen molar-refractivity contribution in [3.63, 3.8) is 0 Å². The molecule has 0 bridgehead atoms. The Hall–Kier alpha value is -1.52. The fraction of sp³-hybridized carbons (Fsp3) is 0.333. The fourth-order valence-electron chi connectivity index (χ4n) is 1.90. The molecule has 3 nitrogen and oxygen atoms in total. The standard InChI is InChI=1S/C15H18N2OS/c1-3-13-4-5-15(19-13)14(18)11-17(2)10-12-6-8-16-9-7-12/h4-9H,3,10-11H2,1-2H3. The zero-order valence-corrected chi connectivity index (χ0v) is 12.1. The molecule has 2 heterocycles. The van der Waals surface area contributed by atoms with Crippen molar-refractivity contribution in [1.82, 2.24) is 9.88 Å². The van der Waals surface area contributed by atoms with Crippen LogP contribution in [-0.4, -0.2) is 29.3 Å². The van der Waals surface area contributed by atoms with E-state index in [0.29, 0.717) is 6.54 Å². The van der Waals surface area contributed by atoms with Crippen molar-refractivity contribution in [2.24, 2.45) is 0 Å². The first-order chi connectivity index (χ1) is 9.19. The van der Waals surface area contributed by atoms with Crippen molar-refractivity contribution < 1.29 is 4.79 Å². The number of likely N-dealkylation sites (N-methyl/N-ethyl adjacent to an activating group) is 1. The highest BCUT2D eigenvalue weighted by Gasteiger charge is 2.11. The van der Waals surface area contributed by atoms with E-state index in [0.717, 1.165) is 17.8 Å². The maximum atomic E-state index is 12.1. The largest absolute Gasteiger partial charge is 0.295 e. The van der Waals surface area contributed by atoms with Gasteiger partial charge in [-0.3, -0.25) is 14.7 Å². The Morgan fingerprint density at radius 1 is 1.26 bits per heavy atom. The number of thiophene rings is 1. The summed E-state index contributed by atoms with van der Waals surface area (Å²) in [5.74, 6) is 0.196. The molecule has 0 spiro atoms. The second-order valence-corrected chi connectivity index (χ2v) is 5.74. The second kappa shape index (κ2) is 6.59. The first-order valence-corrected chi connectivity index (χ1v) is 7.20. The molecule has 100 valence electrons. The van der Waals surface area contributed by atoms with Crippen LogP contribution in [-0.2, 0) is 13.0 Å². The monoisotopic (exact) mass is 274 g/mol. The lowest BCUT2D eigenvalue weighted by atomic mass is 10.2. The van der Waals surface area contributed by atoms with Crippen LogP contribution >= 0.6 is 11.3 Å². The molecule has 0 aliphatic rings. The van der Waals surface area contributed by atoms with Crippen LogP contribution in [0, 0.1) is 0 Å². The van der Waals surface area contributed by atoms with Gasteiger partial charge >= 0.3 is 0 Å². The van der Waals surface area contributed by atoms with Gasteiger partial charge in [-0.1, -0.05) is 6.92 Å². The summed E-state index contributed by atoms with van der Waals surface area (Å²) in [6, 6.07) is 7.93. The molecule has 19 heavy (non-hydrogen) atoms. The van der Waals surface area contributed by atoms with E-state index >= 15 is 0 Å². The van der Waals surface area contributed by atoms with E-state index in [-0.39, 0.29) is 5.78 Å². The van der Waals surface area contributed by atoms with E-state index in [4.69, 9.17) is 0 Å². The van der Waals surface area contributed by atoms with Crippen molar-refractivity contribution in [3.05, 3.63) is 52.0 Å². The van der Waals surface area contributed by atoms with E-state index in [1.807, 2.05) is 36.2 Å². The van der Waals surface area contributed by atoms with Gasteiger partial charge in [0.05, 0.1) is 11.4 Å². The summed E-state index contributed by atoms with van der Waals surface area (Å²) in [5, 5.41) is 0. The number of carbonyl (C=O) groups excluding carboxylic acids is 1. The number of ketones is 1. The SMILES string of the molecule is CCc1ccc(C(=O)CN(C)Cc2ccncc2)s1. The number of hydrogen-bond acceptors (Lipinski definition) is 4. The van der Waals surface area contributed by atoms with Gasteiger partial charge in [0.25, 0.3) is 0 Å². The lowest BCUT2D eigenvalue weighted by molar-refractivity contribution is 0.0947. The predicted octanol–water partition coefficient (Wildman–Crippen LogP) is 3.02. The maximum absolute atomic E-state index is 12.1. The molecule has 0 aliphatic heterocycles. The number of pyridine rings is 1. The third-order valence-electron chi connectivity index (χ3n) is 2.90. The summed E-state index contributed by atoms with van der Waals surface area (Å²) in [6.45, 7) is 3.32. The highest BCUT2D eigenvalue weighted by Crippen LogP contribution is 2.17. The van der Waals surface area contributed by atoms with Gasteiger partial charge in [-0.25, -0.2) is 0 Å². The van der Waals surface area contributed by atoms with E-state index in [9.17, 15) is 4.79 Å². The number of hydrogen-bond donors (Lipinski definition) is 0. The van der Waals surface area contributed by atoms with Gasteiger partial charge in [0.2, 0.25) is 0 Å². The van der Waals surface area contributed by atoms with Gasteiger partial charge < -0.3 is 0 Å². The van der Waals surface area contributed by atoms with Crippen LogP contribution in [0.4, 0.5) is 0 Å². The summed E-state index contributed by atoms with van der Waals surface area (Å²) in [7, 11) is 1.96. The van der Waals surface area contributed by atoms with Crippen molar-refractivity contribution in [3.8, 4) is 0 Å². The van der Waals surface area contributed by atoms with Gasteiger partial charge in [-0.05, 0) is 43.3 Å². The third kappa shape index (κ3) is 3.98. The third-order valence-corrected chi connectivity index (χ3v) is 4.17. The average Bonchev–Trinajstić information content (AvgIpc) is 2.88. The molecule has 0 unspecified atom stereocenters. The predicted molar refractivity (Wildman–Crippen MR) is 78.6 cm³/mol. The van der Waals surface area contributed by atoms with Crippen LogP contribution in [0.1, 0.15) is 27.0 Å². The maximum Gasteiger partial charge on any atom is 0.186 e. The Kier molecular flexibility index (Phi) is 4.82. The smallest absolute Gasteiger partial charge is 0.186 e. The summed E-state index contributed by atoms with van der Waals surface area (Å²) in [5.41, 5.74) is 1.17. The zero-order chi connectivity index (χ0) is 13.7. The summed E-state index contributed by atoms with van der Waals surface area (Å²) in [6.07, 6.45) is 4.54. The van der Waals surface area contributed by atoms with Gasteiger partial charge in [-0.2, -0.15) is 0 Å². The second-order valence-electron chi connectivity index (χ2n) is 4.57. The summed E-state index contributed by atoms with van der Waals surface area (Å²) in [4.78, 5) is 20.3. The Balaban J connectivity index is 1.91. The number of aryl methyl sites for hydroxylation is 1. The van der Waals surface area contributed by atoms with Gasteiger partial charge in [-0.15, -0.1) is 11.3 Å². The quantitative estimate of drug-likeness (QED) is 0.759. The van der Waals surface area contributed by atoms with E-state index in [1.165, 1.54) is 10.4 Å². The molecule has 0 saturated heterocycles. The van der Waals surface area contributed by atoms with Gasteiger partial charge in [0.15, 0.2) is 5.78 Å². The minimum Gasteiger partial charge on any atom is -0.295 e. The molecule has 0 atom stereocenters. The molecule has 0 radical (unpaired) electrons. The van der Waals surface area contributed by atoms with Crippen LogP contribution < -0.4 is 0 Å². The first kappa shape index (κ1) is 13.9. The molecule has 2 aromatic heterocycles. The summed E-state index contributed by atoms with van der Waals surface area (Å²) < 4.78 is 0. The topological polar surface area (TPSA) is 33.2 Å². The molecule has 0 saturated carbocycles. The van der Waals surface area contributed by atoms with Gasteiger partial charge in [0, 0.05) is 23.8 Å². The molecular formula is C15H18N2OS. The van der Waals surface area contributed by atoms with Crippen molar-refractivity contribution >= 4 is 17.1 Å². The minimum absolute atomic E-state index is 0.196. The molecule has 0 aromatic carbocycles. The fourth-order valence-corrected chi connectivity index (χ4v) is 2.77. The molecule has 0 amide bonds. The highest BCUT2D eigenvalue weighted by molar-refractivity contribution is 7.14. The lowest BCUT2D eigenvalue weighted by Gasteiger charge is -2.15. The first-order valence-electron chi connectivity index (χ1n) is 6.38. The van der Waals surface area contributed by atoms with Crippen LogP contribution in [0.5, 0.6) is 0 Å². The van der Waals surface area contributed by atoms with E-state index in [2.05, 4.69) is 11.9 Å². The average molecular weight is 274 g/mol. The molecule has 0 fully saturated rings. The van der Waals surface area contributed by atoms with E-state index < -0.39 is 0 Å². The number of aromatic nitrogens is 1. The Morgan fingerprint density at radius 3 is 2.63 bits per heavy atom. The summed E-state index contributed by atoms with van der Waals surface area (Å²) >= 11 is 1.60. The van der Waals surface area contributed by atoms with E-state index in [1.54, 1.807) is 23.7 Å². The van der Waals surface area contributed by atoms with Crippen molar-refractivity contribution in [1.29, 1.82) is 0 Å². The Labute approximate surface area is 117 Å². The normalized spacial score (nSPS) is 10.9. The lowest BCUT2D eigenvalue weighted by Crippen LogP contribution is -2.25. The Morgan fingerprint density at radius 2 is 2.00 bits per heavy atom. The molecule has 0 N–H and O–H groups in total. The highest BCUT2D eigenvalue weighted by atomic mass is 32.1. The van der Waals surface area contributed by atoms with Crippen molar-refractivity contribution in [2.45, 2.75) is 19.9 Å². The Bertz CT molecular complexity index is 536. The number of carbonyl (C=O) groups is 1. The number of nitrogens with zero attached hydrogens (tertiary/aromatic N) is 2. The van der Waals surface area contributed by atoms with Gasteiger partial charge in [0.1, 0.15) is 0 Å². The number of rotatable bonds is 6. The van der Waals surface area contributed by atoms with Crippen LogP contribution in [0.2, 0.25) is 0 Å². The minimum atomic E-state index is 0.196. The molecule has 2 aromatic rings. The number of Topliss-reactive ketones (excluding diaryl/α,β-unsaturated/α-hetero) is 1. The molecule has 0 aliphatic carbocycles. The molecule has 4 heteroatoms. The van der Waals surface area contributed by atoms with Crippen LogP contribution in [0.3, 0.4) is 0 Å². The molecular weight excluding hydrogens is 256 g/mol. The van der Waals surface area contributed by atoms with Crippen LogP contribution in [0.25, 0.3) is 0 Å². The zero-order valence-electron chi connectivity index (χ0n) is 11.3.